The molecule has 0 atom stereocenters. The van der Waals surface area contributed by atoms with E-state index in [9.17, 15) is 8.42 Å². The van der Waals surface area contributed by atoms with Crippen LogP contribution in [0.25, 0.3) is 0 Å². The number of nitrogens with zero attached hydrogens (tertiary/aromatic N) is 3. The summed E-state index contributed by atoms with van der Waals surface area (Å²) in [4.78, 5) is 2.41. The molecular formula is C12H22N4O3S. The Balaban J connectivity index is 2.18. The topological polar surface area (TPSA) is 92.7 Å². The van der Waals surface area contributed by atoms with Crippen LogP contribution in [0.3, 0.4) is 0 Å². The highest BCUT2D eigenvalue weighted by molar-refractivity contribution is 7.89. The molecule has 0 amide bonds. The van der Waals surface area contributed by atoms with E-state index < -0.39 is 10.0 Å². The van der Waals surface area contributed by atoms with E-state index in [4.69, 9.17) is 10.3 Å². The molecular weight excluding hydrogens is 280 g/mol. The second-order valence-corrected chi connectivity index (χ2v) is 6.92. The first-order valence-corrected chi connectivity index (χ1v) is 8.26. The van der Waals surface area contributed by atoms with Gasteiger partial charge >= 0.3 is 0 Å². The summed E-state index contributed by atoms with van der Waals surface area (Å²) in [5, 5.41) is 3.74. The molecule has 7 nitrogen and oxygen atoms in total. The maximum Gasteiger partial charge on any atom is 0.248 e. The van der Waals surface area contributed by atoms with E-state index in [0.717, 1.165) is 19.5 Å². The Labute approximate surface area is 119 Å². The lowest BCUT2D eigenvalue weighted by Crippen LogP contribution is -2.36. The van der Waals surface area contributed by atoms with Gasteiger partial charge in [0.05, 0.1) is 0 Å². The molecule has 1 aromatic heterocycles. The van der Waals surface area contributed by atoms with Gasteiger partial charge in [0.2, 0.25) is 10.0 Å². The molecule has 1 saturated heterocycles. The van der Waals surface area contributed by atoms with E-state index in [1.54, 1.807) is 13.8 Å². The monoisotopic (exact) mass is 302 g/mol. The molecule has 0 saturated carbocycles. The van der Waals surface area contributed by atoms with Gasteiger partial charge in [-0.2, -0.15) is 4.31 Å². The molecule has 1 aliphatic rings. The van der Waals surface area contributed by atoms with E-state index in [1.807, 2.05) is 0 Å². The highest BCUT2D eigenvalue weighted by atomic mass is 32.2. The molecule has 0 radical (unpaired) electrons. The van der Waals surface area contributed by atoms with Crippen LogP contribution in [0.2, 0.25) is 0 Å². The van der Waals surface area contributed by atoms with E-state index >= 15 is 0 Å². The Morgan fingerprint density at radius 1 is 1.25 bits per heavy atom. The SMILES string of the molecule is Cc1noc(C)c1S(=O)(=O)N1CCCN(CCN)CC1. The fourth-order valence-electron chi connectivity index (χ4n) is 2.57. The van der Waals surface area contributed by atoms with E-state index in [2.05, 4.69) is 10.1 Å². The van der Waals surface area contributed by atoms with Crippen molar-refractivity contribution in [1.29, 1.82) is 0 Å². The van der Waals surface area contributed by atoms with Crippen LogP contribution in [0.5, 0.6) is 0 Å². The molecule has 114 valence electrons. The number of sulfonamides is 1. The Hall–Kier alpha value is -0.960. The van der Waals surface area contributed by atoms with Gasteiger partial charge in [-0.25, -0.2) is 8.42 Å². The van der Waals surface area contributed by atoms with Gasteiger partial charge in [0.15, 0.2) is 5.76 Å². The minimum absolute atomic E-state index is 0.213. The second-order valence-electron chi connectivity index (χ2n) is 5.04. The maximum atomic E-state index is 12.7. The summed E-state index contributed by atoms with van der Waals surface area (Å²) in [6, 6.07) is 0. The average Bonchev–Trinajstić information content (AvgIpc) is 2.62. The van der Waals surface area contributed by atoms with Crippen molar-refractivity contribution in [2.75, 3.05) is 39.3 Å². The number of rotatable bonds is 4. The van der Waals surface area contributed by atoms with Gasteiger partial charge in [-0.05, 0) is 26.8 Å². The first kappa shape index (κ1) is 15.4. The number of aromatic nitrogens is 1. The van der Waals surface area contributed by atoms with Crippen LogP contribution in [0, 0.1) is 13.8 Å². The fourth-order valence-corrected chi connectivity index (χ4v) is 4.33. The van der Waals surface area contributed by atoms with Crippen molar-refractivity contribution in [1.82, 2.24) is 14.4 Å². The molecule has 0 spiro atoms. The number of nitrogens with two attached hydrogens (primary N) is 1. The molecule has 0 aromatic carbocycles. The summed E-state index contributed by atoms with van der Waals surface area (Å²) in [6.45, 7) is 7.27. The maximum absolute atomic E-state index is 12.7. The molecule has 20 heavy (non-hydrogen) atoms. The predicted octanol–water partition coefficient (Wildman–Crippen LogP) is -0.0535. The van der Waals surface area contributed by atoms with Crippen LogP contribution in [0.4, 0.5) is 0 Å². The number of hydrogen-bond donors (Lipinski definition) is 1. The highest BCUT2D eigenvalue weighted by Crippen LogP contribution is 2.24. The minimum atomic E-state index is -3.52. The van der Waals surface area contributed by atoms with Crippen LogP contribution in [0.15, 0.2) is 9.42 Å². The Morgan fingerprint density at radius 2 is 2.00 bits per heavy atom. The summed E-state index contributed by atoms with van der Waals surface area (Å²) >= 11 is 0. The summed E-state index contributed by atoms with van der Waals surface area (Å²) < 4.78 is 31.9. The van der Waals surface area contributed by atoms with E-state index in [0.29, 0.717) is 37.6 Å². The third-order valence-corrected chi connectivity index (χ3v) is 5.70. The molecule has 8 heteroatoms. The van der Waals surface area contributed by atoms with Gasteiger partial charge in [0.25, 0.3) is 0 Å². The van der Waals surface area contributed by atoms with Crippen LogP contribution >= 0.6 is 0 Å². The van der Waals surface area contributed by atoms with Crippen LogP contribution in [0.1, 0.15) is 17.9 Å². The standard InChI is InChI=1S/C12H22N4O3S/c1-10-12(11(2)19-14-10)20(17,18)16-6-3-5-15(7-4-13)8-9-16/h3-9,13H2,1-2H3. The summed E-state index contributed by atoms with van der Waals surface area (Å²) in [7, 11) is -3.52. The quantitative estimate of drug-likeness (QED) is 0.838. The zero-order valence-electron chi connectivity index (χ0n) is 12.0. The smallest absolute Gasteiger partial charge is 0.248 e. The zero-order chi connectivity index (χ0) is 14.8. The number of hydrogen-bond acceptors (Lipinski definition) is 6. The van der Waals surface area contributed by atoms with E-state index in [1.165, 1.54) is 4.31 Å². The lowest BCUT2D eigenvalue weighted by molar-refractivity contribution is 0.294. The van der Waals surface area contributed by atoms with Crippen LogP contribution < -0.4 is 5.73 Å². The summed E-state index contributed by atoms with van der Waals surface area (Å²) in [6.07, 6.45) is 0.808. The third kappa shape index (κ3) is 3.03. The Bertz CT molecular complexity index is 536. The molecule has 0 aliphatic carbocycles. The van der Waals surface area contributed by atoms with Crippen molar-refractivity contribution < 1.29 is 12.9 Å². The lowest BCUT2D eigenvalue weighted by atomic mass is 10.4. The van der Waals surface area contributed by atoms with Crippen molar-refractivity contribution in [3.63, 3.8) is 0 Å². The molecule has 2 N–H and O–H groups in total. The summed E-state index contributed by atoms with van der Waals surface area (Å²) in [5.41, 5.74) is 5.98. The highest BCUT2D eigenvalue weighted by Gasteiger charge is 2.31. The van der Waals surface area contributed by atoms with Crippen molar-refractivity contribution >= 4 is 10.0 Å². The average molecular weight is 302 g/mol. The normalized spacial score (nSPS) is 19.1. The second kappa shape index (κ2) is 6.21. The minimum Gasteiger partial charge on any atom is -0.360 e. The van der Waals surface area contributed by atoms with Crippen molar-refractivity contribution in [3.05, 3.63) is 11.5 Å². The van der Waals surface area contributed by atoms with Crippen LogP contribution in [-0.4, -0.2) is 62.0 Å². The predicted molar refractivity (Wildman–Crippen MR) is 74.8 cm³/mol. The van der Waals surface area contributed by atoms with Gasteiger partial charge < -0.3 is 15.2 Å². The van der Waals surface area contributed by atoms with E-state index in [-0.39, 0.29) is 4.90 Å². The van der Waals surface area contributed by atoms with Crippen molar-refractivity contribution in [3.8, 4) is 0 Å². The molecule has 1 fully saturated rings. The molecule has 0 bridgehead atoms. The first-order chi connectivity index (χ1) is 9.46. The van der Waals surface area contributed by atoms with Gasteiger partial charge in [0.1, 0.15) is 10.6 Å². The van der Waals surface area contributed by atoms with Gasteiger partial charge in [0, 0.05) is 32.7 Å². The van der Waals surface area contributed by atoms with Gasteiger partial charge in [-0.1, -0.05) is 5.16 Å². The molecule has 2 heterocycles. The van der Waals surface area contributed by atoms with Gasteiger partial charge in [-0.15, -0.1) is 0 Å². The Kier molecular flexibility index (Phi) is 4.79. The fraction of sp³-hybridized carbons (Fsp3) is 0.750. The lowest BCUT2D eigenvalue weighted by Gasteiger charge is -2.21. The Morgan fingerprint density at radius 3 is 2.60 bits per heavy atom. The van der Waals surface area contributed by atoms with Crippen molar-refractivity contribution in [2.24, 2.45) is 5.73 Å². The zero-order valence-corrected chi connectivity index (χ0v) is 12.8. The summed E-state index contributed by atoms with van der Waals surface area (Å²) in [5.74, 6) is 0.352. The molecule has 1 aromatic rings. The molecule has 0 unspecified atom stereocenters. The molecule has 2 rings (SSSR count). The largest absolute Gasteiger partial charge is 0.360 e. The third-order valence-electron chi connectivity index (χ3n) is 3.56. The van der Waals surface area contributed by atoms with Crippen LogP contribution in [-0.2, 0) is 10.0 Å². The van der Waals surface area contributed by atoms with Gasteiger partial charge in [-0.3, -0.25) is 0 Å². The first-order valence-electron chi connectivity index (χ1n) is 6.82. The number of aryl methyl sites for hydroxylation is 2. The van der Waals surface area contributed by atoms with Crippen molar-refractivity contribution in [2.45, 2.75) is 25.2 Å². The molecule has 1 aliphatic heterocycles.